The van der Waals surface area contributed by atoms with E-state index in [1.165, 1.54) is 7.11 Å². The number of carbonyl (C=O) groups excluding carboxylic acids is 1. The fourth-order valence-corrected chi connectivity index (χ4v) is 3.78. The number of methoxy groups -OCH3 is 1. The lowest BCUT2D eigenvalue weighted by Gasteiger charge is -2.24. The number of ether oxygens (including phenoxy) is 1. The minimum absolute atomic E-state index is 0.0153. The van der Waals surface area contributed by atoms with Crippen LogP contribution in [0.25, 0.3) is 0 Å². The molecule has 0 N–H and O–H groups in total. The number of benzene rings is 1. The van der Waals surface area contributed by atoms with Crippen molar-refractivity contribution in [2.24, 2.45) is 0 Å². The smallest absolute Gasteiger partial charge is 0.249 e. The van der Waals surface area contributed by atoms with Gasteiger partial charge in [0.05, 0.1) is 0 Å². The number of amides is 1. The summed E-state index contributed by atoms with van der Waals surface area (Å²) in [5.41, 5.74) is 0.924. The topological polar surface area (TPSA) is 29.5 Å². The molecule has 1 heterocycles. The van der Waals surface area contributed by atoms with Gasteiger partial charge in [-0.15, -0.1) is 11.8 Å². The van der Waals surface area contributed by atoms with E-state index in [1.807, 2.05) is 6.07 Å². The largest absolute Gasteiger partial charge is 0.375 e. The summed E-state index contributed by atoms with van der Waals surface area (Å²) in [5.74, 6) is 0.887. The maximum absolute atomic E-state index is 11.9. The predicted octanol–water partition coefficient (Wildman–Crippen LogP) is 3.21. The zero-order valence-corrected chi connectivity index (χ0v) is 12.2. The van der Waals surface area contributed by atoms with Gasteiger partial charge in [0.2, 0.25) is 5.91 Å². The Morgan fingerprint density at radius 1 is 1.56 bits per heavy atom. The van der Waals surface area contributed by atoms with Crippen LogP contribution in [0.3, 0.4) is 0 Å². The molecule has 6 heteroatoms. The lowest BCUT2D eigenvalue weighted by Crippen LogP contribution is -2.33. The second-order valence-electron chi connectivity index (χ2n) is 3.91. The van der Waals surface area contributed by atoms with Crippen molar-refractivity contribution in [3.05, 3.63) is 33.8 Å². The van der Waals surface area contributed by atoms with E-state index in [4.69, 9.17) is 27.9 Å². The second-order valence-corrected chi connectivity index (χ2v) is 5.94. The van der Waals surface area contributed by atoms with Crippen LogP contribution in [0, 0.1) is 0 Å². The van der Waals surface area contributed by atoms with Gasteiger partial charge < -0.3 is 9.64 Å². The summed E-state index contributed by atoms with van der Waals surface area (Å²) >= 11 is 13.8. The highest BCUT2D eigenvalue weighted by Crippen LogP contribution is 2.41. The van der Waals surface area contributed by atoms with Gasteiger partial charge in [-0.1, -0.05) is 29.3 Å². The number of hydrogen-bond donors (Lipinski definition) is 0. The highest BCUT2D eigenvalue weighted by Gasteiger charge is 2.31. The molecule has 0 saturated carbocycles. The van der Waals surface area contributed by atoms with Crippen LogP contribution in [-0.2, 0) is 9.53 Å². The molecule has 2 rings (SSSR count). The number of nitrogens with zero attached hydrogens (tertiary/aromatic N) is 1. The van der Waals surface area contributed by atoms with Crippen LogP contribution in [0.4, 0.5) is 0 Å². The summed E-state index contributed by atoms with van der Waals surface area (Å²) in [4.78, 5) is 13.7. The fourth-order valence-electron chi connectivity index (χ4n) is 1.89. The lowest BCUT2D eigenvalue weighted by molar-refractivity contribution is -0.135. The summed E-state index contributed by atoms with van der Waals surface area (Å²) in [5, 5.41) is 1.15. The van der Waals surface area contributed by atoms with E-state index in [2.05, 4.69) is 0 Å². The number of thioether (sulfide) groups is 1. The highest BCUT2D eigenvalue weighted by molar-refractivity contribution is 7.99. The van der Waals surface area contributed by atoms with E-state index in [1.54, 1.807) is 28.8 Å². The molecule has 0 radical (unpaired) electrons. The maximum Gasteiger partial charge on any atom is 0.249 e. The Labute approximate surface area is 120 Å². The molecule has 1 saturated heterocycles. The Balaban J connectivity index is 2.23. The molecule has 18 heavy (non-hydrogen) atoms. The fraction of sp³-hybridized carbons (Fsp3) is 0.417. The SMILES string of the molecule is COCC(=O)N1CCSC1c1ccc(Cl)cc1Cl. The van der Waals surface area contributed by atoms with Crippen molar-refractivity contribution < 1.29 is 9.53 Å². The van der Waals surface area contributed by atoms with E-state index in [0.29, 0.717) is 10.0 Å². The van der Waals surface area contributed by atoms with Gasteiger partial charge in [0.25, 0.3) is 0 Å². The van der Waals surface area contributed by atoms with Crippen LogP contribution < -0.4 is 0 Å². The quantitative estimate of drug-likeness (QED) is 0.859. The van der Waals surface area contributed by atoms with Gasteiger partial charge in [-0.3, -0.25) is 4.79 Å². The first-order valence-electron chi connectivity index (χ1n) is 5.48. The highest BCUT2D eigenvalue weighted by atomic mass is 35.5. The van der Waals surface area contributed by atoms with Crippen LogP contribution in [0.15, 0.2) is 18.2 Å². The monoisotopic (exact) mass is 305 g/mol. The number of carbonyl (C=O) groups is 1. The molecular formula is C12H13Cl2NO2S. The number of halogens is 2. The maximum atomic E-state index is 11.9. The molecule has 0 spiro atoms. The number of hydrogen-bond acceptors (Lipinski definition) is 3. The first-order chi connectivity index (χ1) is 8.63. The lowest BCUT2D eigenvalue weighted by atomic mass is 10.2. The molecule has 3 nitrogen and oxygen atoms in total. The Hall–Kier alpha value is -0.420. The van der Waals surface area contributed by atoms with Crippen LogP contribution >= 0.6 is 35.0 Å². The van der Waals surface area contributed by atoms with Gasteiger partial charge in [0.15, 0.2) is 0 Å². The van der Waals surface area contributed by atoms with Crippen molar-refractivity contribution in [3.8, 4) is 0 Å². The van der Waals surface area contributed by atoms with Crippen LogP contribution in [0.5, 0.6) is 0 Å². The van der Waals surface area contributed by atoms with Crippen LogP contribution in [0.1, 0.15) is 10.9 Å². The van der Waals surface area contributed by atoms with Gasteiger partial charge in [-0.2, -0.15) is 0 Å². The molecule has 0 bridgehead atoms. The van der Waals surface area contributed by atoms with Gasteiger partial charge in [0.1, 0.15) is 12.0 Å². The molecule has 98 valence electrons. The van der Waals surface area contributed by atoms with Gasteiger partial charge in [-0.25, -0.2) is 0 Å². The molecule has 1 aliphatic heterocycles. The Morgan fingerprint density at radius 2 is 2.33 bits per heavy atom. The van der Waals surface area contributed by atoms with E-state index in [-0.39, 0.29) is 17.9 Å². The van der Waals surface area contributed by atoms with Gasteiger partial charge in [0, 0.05) is 35.0 Å². The molecule has 1 fully saturated rings. The van der Waals surface area contributed by atoms with Crippen molar-refractivity contribution in [2.45, 2.75) is 5.37 Å². The third-order valence-electron chi connectivity index (χ3n) is 2.71. The second kappa shape index (κ2) is 6.15. The van der Waals surface area contributed by atoms with Crippen molar-refractivity contribution in [1.82, 2.24) is 4.90 Å². The van der Waals surface area contributed by atoms with Crippen molar-refractivity contribution >= 4 is 40.9 Å². The minimum atomic E-state index is -0.0441. The molecule has 1 atom stereocenters. The third-order valence-corrected chi connectivity index (χ3v) is 4.51. The van der Waals surface area contributed by atoms with Crippen LogP contribution in [0.2, 0.25) is 10.0 Å². The first-order valence-corrected chi connectivity index (χ1v) is 7.29. The average molecular weight is 306 g/mol. The third kappa shape index (κ3) is 2.94. The molecule has 1 aromatic carbocycles. The van der Waals surface area contributed by atoms with E-state index < -0.39 is 0 Å². The number of rotatable bonds is 3. The Morgan fingerprint density at radius 3 is 3.00 bits per heavy atom. The molecular weight excluding hydrogens is 293 g/mol. The molecule has 1 aromatic rings. The van der Waals surface area contributed by atoms with E-state index >= 15 is 0 Å². The van der Waals surface area contributed by atoms with E-state index in [9.17, 15) is 4.79 Å². The molecule has 1 aliphatic rings. The van der Waals surface area contributed by atoms with Crippen molar-refractivity contribution in [3.63, 3.8) is 0 Å². The van der Waals surface area contributed by atoms with Crippen molar-refractivity contribution in [1.29, 1.82) is 0 Å². The molecule has 1 unspecified atom stereocenters. The first kappa shape index (κ1) is 14.0. The standard InChI is InChI=1S/C12H13Cl2NO2S/c1-17-7-11(16)15-4-5-18-12(15)9-3-2-8(13)6-10(9)14/h2-3,6,12H,4-5,7H2,1H3. The summed E-state index contributed by atoms with van der Waals surface area (Å²) in [6, 6.07) is 5.37. The summed E-state index contributed by atoms with van der Waals surface area (Å²) in [7, 11) is 1.52. The normalized spacial score (nSPS) is 19.3. The zero-order valence-electron chi connectivity index (χ0n) is 9.86. The minimum Gasteiger partial charge on any atom is -0.375 e. The zero-order chi connectivity index (χ0) is 13.1. The Bertz CT molecular complexity index is 456. The summed E-state index contributed by atoms with van der Waals surface area (Å²) in [6.45, 7) is 0.818. The van der Waals surface area contributed by atoms with Gasteiger partial charge >= 0.3 is 0 Å². The summed E-state index contributed by atoms with van der Waals surface area (Å²) < 4.78 is 4.90. The molecule has 0 aliphatic carbocycles. The summed E-state index contributed by atoms with van der Waals surface area (Å²) in [6.07, 6.45) is 0. The van der Waals surface area contributed by atoms with Gasteiger partial charge in [-0.05, 0) is 12.1 Å². The van der Waals surface area contributed by atoms with Crippen molar-refractivity contribution in [2.75, 3.05) is 26.0 Å². The Kier molecular flexibility index (Phi) is 4.78. The molecule has 0 aromatic heterocycles. The van der Waals surface area contributed by atoms with Crippen LogP contribution in [-0.4, -0.2) is 36.8 Å². The van der Waals surface area contributed by atoms with E-state index in [0.717, 1.165) is 17.9 Å². The predicted molar refractivity (Wildman–Crippen MR) is 75.3 cm³/mol. The molecule has 1 amide bonds. The average Bonchev–Trinajstić information content (AvgIpc) is 2.78.